The van der Waals surface area contributed by atoms with Gasteiger partial charge in [-0.15, -0.1) is 0 Å². The van der Waals surface area contributed by atoms with Crippen molar-refractivity contribution in [1.82, 2.24) is 14.2 Å². The van der Waals surface area contributed by atoms with Crippen LogP contribution in [0.15, 0.2) is 58.2 Å². The minimum absolute atomic E-state index is 0.0210. The fraction of sp³-hybridized carbons (Fsp3) is 0.368. The predicted molar refractivity (Wildman–Crippen MR) is 105 cm³/mol. The van der Waals surface area contributed by atoms with Gasteiger partial charge in [-0.1, -0.05) is 28.1 Å². The normalized spacial score (nSPS) is 23.2. The quantitative estimate of drug-likeness (QED) is 0.718. The molecular weight excluding hydrogens is 430 g/mol. The Balaban J connectivity index is 1.36. The molecule has 0 spiro atoms. The standard InChI is InChI=1S/C19H20BrN3O3S/c20-15-5-3-14(4-6-15)17-12-18(17)19(24)22-8-10-23(11-9-22)27(25,26)16-2-1-7-21-13-16/h1-7,13,17-18H,8-12H2. The van der Waals surface area contributed by atoms with Gasteiger partial charge in [0.1, 0.15) is 4.90 Å². The number of amides is 1. The average Bonchev–Trinajstić information content (AvgIpc) is 3.49. The number of rotatable bonds is 4. The van der Waals surface area contributed by atoms with Crippen molar-refractivity contribution in [3.8, 4) is 0 Å². The van der Waals surface area contributed by atoms with Gasteiger partial charge in [0.15, 0.2) is 0 Å². The SMILES string of the molecule is O=C(C1CC1c1ccc(Br)cc1)N1CCN(S(=O)(=O)c2cccnc2)CC1. The highest BCUT2D eigenvalue weighted by Crippen LogP contribution is 2.48. The number of aromatic nitrogens is 1. The summed E-state index contributed by atoms with van der Waals surface area (Å²) >= 11 is 3.43. The van der Waals surface area contributed by atoms with Crippen molar-refractivity contribution in [2.24, 2.45) is 5.92 Å². The zero-order valence-corrected chi connectivity index (χ0v) is 17.1. The average molecular weight is 450 g/mol. The Labute approximate surface area is 167 Å². The predicted octanol–water partition coefficient (Wildman–Crippen LogP) is 2.48. The van der Waals surface area contributed by atoms with E-state index in [2.05, 4.69) is 33.0 Å². The lowest BCUT2D eigenvalue weighted by Crippen LogP contribution is -2.51. The molecule has 142 valence electrons. The monoisotopic (exact) mass is 449 g/mol. The summed E-state index contributed by atoms with van der Waals surface area (Å²) in [5, 5.41) is 0. The summed E-state index contributed by atoms with van der Waals surface area (Å²) in [6, 6.07) is 11.3. The zero-order valence-electron chi connectivity index (χ0n) is 14.7. The minimum atomic E-state index is -3.55. The summed E-state index contributed by atoms with van der Waals surface area (Å²) in [6.45, 7) is 1.50. The van der Waals surface area contributed by atoms with Crippen molar-refractivity contribution >= 4 is 31.9 Å². The van der Waals surface area contributed by atoms with Crippen LogP contribution in [0, 0.1) is 5.92 Å². The topological polar surface area (TPSA) is 70.6 Å². The summed E-state index contributed by atoms with van der Waals surface area (Å²) in [4.78, 5) is 18.7. The third kappa shape index (κ3) is 3.79. The van der Waals surface area contributed by atoms with Gasteiger partial charge in [0.05, 0.1) is 0 Å². The summed E-state index contributed by atoms with van der Waals surface area (Å²) in [7, 11) is -3.55. The molecule has 1 amide bonds. The first kappa shape index (κ1) is 18.6. The number of carbonyl (C=O) groups is 1. The molecule has 1 aliphatic carbocycles. The molecule has 2 fully saturated rings. The molecular formula is C19H20BrN3O3S. The maximum atomic E-state index is 12.8. The highest BCUT2D eigenvalue weighted by atomic mass is 79.9. The van der Waals surface area contributed by atoms with Crippen molar-refractivity contribution in [3.05, 3.63) is 58.8 Å². The highest BCUT2D eigenvalue weighted by molar-refractivity contribution is 9.10. The number of halogens is 1. The van der Waals surface area contributed by atoms with Crippen LogP contribution >= 0.6 is 15.9 Å². The largest absolute Gasteiger partial charge is 0.340 e. The molecule has 8 heteroatoms. The molecule has 0 bridgehead atoms. The zero-order chi connectivity index (χ0) is 19.0. The number of pyridine rings is 1. The number of hydrogen-bond acceptors (Lipinski definition) is 4. The van der Waals surface area contributed by atoms with Crippen LogP contribution in [0.4, 0.5) is 0 Å². The molecule has 1 saturated carbocycles. The molecule has 2 aromatic rings. The second kappa shape index (κ2) is 7.33. The molecule has 1 aromatic heterocycles. The lowest BCUT2D eigenvalue weighted by atomic mass is 10.1. The maximum absolute atomic E-state index is 12.8. The smallest absolute Gasteiger partial charge is 0.244 e. The van der Waals surface area contributed by atoms with Gasteiger partial charge < -0.3 is 4.90 Å². The fourth-order valence-electron chi connectivity index (χ4n) is 3.58. The van der Waals surface area contributed by atoms with E-state index in [4.69, 9.17) is 0 Å². The molecule has 0 N–H and O–H groups in total. The number of benzene rings is 1. The van der Waals surface area contributed by atoms with Crippen molar-refractivity contribution in [1.29, 1.82) is 0 Å². The van der Waals surface area contributed by atoms with Gasteiger partial charge in [-0.2, -0.15) is 4.31 Å². The van der Waals surface area contributed by atoms with E-state index < -0.39 is 10.0 Å². The van der Waals surface area contributed by atoms with Crippen LogP contribution in [0.2, 0.25) is 0 Å². The Kier molecular flexibility index (Phi) is 5.05. The number of nitrogens with zero attached hydrogens (tertiary/aromatic N) is 3. The molecule has 2 atom stereocenters. The number of carbonyl (C=O) groups excluding carboxylic acids is 1. The van der Waals surface area contributed by atoms with Crippen molar-refractivity contribution in [3.63, 3.8) is 0 Å². The number of hydrogen-bond donors (Lipinski definition) is 0. The minimum Gasteiger partial charge on any atom is -0.340 e. The van der Waals surface area contributed by atoms with Gasteiger partial charge in [-0.25, -0.2) is 8.42 Å². The molecule has 2 aliphatic rings. The van der Waals surface area contributed by atoms with E-state index in [0.717, 1.165) is 10.9 Å². The fourth-order valence-corrected chi connectivity index (χ4v) is 5.23. The molecule has 4 rings (SSSR count). The van der Waals surface area contributed by atoms with Crippen LogP contribution in [-0.2, 0) is 14.8 Å². The van der Waals surface area contributed by atoms with Crippen LogP contribution in [-0.4, -0.2) is 54.7 Å². The van der Waals surface area contributed by atoms with Crippen molar-refractivity contribution in [2.45, 2.75) is 17.2 Å². The number of sulfonamides is 1. The third-order valence-corrected chi connectivity index (χ3v) is 7.64. The Morgan fingerprint density at radius 1 is 1.07 bits per heavy atom. The molecule has 1 saturated heterocycles. The maximum Gasteiger partial charge on any atom is 0.244 e. The molecule has 2 unspecified atom stereocenters. The molecule has 27 heavy (non-hydrogen) atoms. The summed E-state index contributed by atoms with van der Waals surface area (Å²) in [5.74, 6) is 0.441. The van der Waals surface area contributed by atoms with E-state index in [0.29, 0.717) is 26.2 Å². The Morgan fingerprint density at radius 3 is 2.41 bits per heavy atom. The van der Waals surface area contributed by atoms with Gasteiger partial charge in [0, 0.05) is 49.0 Å². The van der Waals surface area contributed by atoms with Gasteiger partial charge in [0.2, 0.25) is 15.9 Å². The van der Waals surface area contributed by atoms with E-state index in [1.165, 1.54) is 16.1 Å². The molecule has 1 aromatic carbocycles. The third-order valence-electron chi connectivity index (χ3n) is 5.23. The Morgan fingerprint density at radius 2 is 1.78 bits per heavy atom. The summed E-state index contributed by atoms with van der Waals surface area (Å²) in [6.07, 6.45) is 3.78. The van der Waals surface area contributed by atoms with Gasteiger partial charge >= 0.3 is 0 Å². The van der Waals surface area contributed by atoms with Crippen molar-refractivity contribution in [2.75, 3.05) is 26.2 Å². The van der Waals surface area contributed by atoms with Gasteiger partial charge in [-0.05, 0) is 42.2 Å². The van der Waals surface area contributed by atoms with E-state index in [-0.39, 0.29) is 22.6 Å². The molecule has 1 aliphatic heterocycles. The summed E-state index contributed by atoms with van der Waals surface area (Å²) in [5.41, 5.74) is 1.19. The van der Waals surface area contributed by atoms with Crippen LogP contribution in [0.1, 0.15) is 17.9 Å². The number of piperazine rings is 1. The molecule has 6 nitrogen and oxygen atoms in total. The summed E-state index contributed by atoms with van der Waals surface area (Å²) < 4.78 is 27.8. The van der Waals surface area contributed by atoms with Crippen LogP contribution in [0.5, 0.6) is 0 Å². The van der Waals surface area contributed by atoms with Gasteiger partial charge in [-0.3, -0.25) is 9.78 Å². The molecule has 2 heterocycles. The highest BCUT2D eigenvalue weighted by Gasteiger charge is 2.46. The second-order valence-electron chi connectivity index (χ2n) is 6.92. The van der Waals surface area contributed by atoms with E-state index >= 15 is 0 Å². The first-order chi connectivity index (χ1) is 13.0. The van der Waals surface area contributed by atoms with E-state index in [9.17, 15) is 13.2 Å². The van der Waals surface area contributed by atoms with E-state index in [1.54, 1.807) is 23.2 Å². The first-order valence-corrected chi connectivity index (χ1v) is 11.1. The van der Waals surface area contributed by atoms with Crippen LogP contribution in [0.3, 0.4) is 0 Å². The van der Waals surface area contributed by atoms with E-state index in [1.807, 2.05) is 12.1 Å². The lowest BCUT2D eigenvalue weighted by molar-refractivity contribution is -0.133. The van der Waals surface area contributed by atoms with Crippen LogP contribution < -0.4 is 0 Å². The van der Waals surface area contributed by atoms with Gasteiger partial charge in [0.25, 0.3) is 0 Å². The van der Waals surface area contributed by atoms with Crippen molar-refractivity contribution < 1.29 is 13.2 Å². The first-order valence-electron chi connectivity index (χ1n) is 8.91. The lowest BCUT2D eigenvalue weighted by Gasteiger charge is -2.34. The molecule has 0 radical (unpaired) electrons. The second-order valence-corrected chi connectivity index (χ2v) is 9.77. The van der Waals surface area contributed by atoms with Crippen LogP contribution in [0.25, 0.3) is 0 Å². The Hall–Kier alpha value is -1.77. The Bertz CT molecular complexity index is 926.